The maximum absolute atomic E-state index is 14.4. The molecule has 0 saturated carbocycles. The molecule has 2 atom stereocenters. The zero-order chi connectivity index (χ0) is 14.8. The lowest BCUT2D eigenvalue weighted by molar-refractivity contribution is 0.383. The van der Waals surface area contributed by atoms with E-state index in [0.29, 0.717) is 4.47 Å². The molecule has 1 aromatic carbocycles. The van der Waals surface area contributed by atoms with Gasteiger partial charge in [0.2, 0.25) is 0 Å². The molecule has 5 heteroatoms. The van der Waals surface area contributed by atoms with Crippen LogP contribution >= 0.6 is 27.7 Å². The van der Waals surface area contributed by atoms with Crippen LogP contribution in [-0.4, -0.2) is 17.0 Å². The molecule has 0 aromatic heterocycles. The van der Waals surface area contributed by atoms with E-state index in [1.807, 2.05) is 11.8 Å². The van der Waals surface area contributed by atoms with Crippen LogP contribution in [0.4, 0.5) is 8.78 Å². The van der Waals surface area contributed by atoms with Crippen molar-refractivity contribution in [1.82, 2.24) is 5.32 Å². The molecule has 1 aliphatic rings. The van der Waals surface area contributed by atoms with Crippen molar-refractivity contribution in [3.8, 4) is 0 Å². The van der Waals surface area contributed by atoms with E-state index < -0.39 is 11.6 Å². The van der Waals surface area contributed by atoms with Crippen molar-refractivity contribution in [2.45, 2.75) is 43.9 Å². The van der Waals surface area contributed by atoms with Gasteiger partial charge >= 0.3 is 0 Å². The first-order chi connectivity index (χ1) is 9.49. The zero-order valence-corrected chi connectivity index (χ0v) is 14.2. The van der Waals surface area contributed by atoms with E-state index in [2.05, 4.69) is 35.1 Å². The quantitative estimate of drug-likeness (QED) is 0.734. The number of halogens is 3. The lowest BCUT2D eigenvalue weighted by Gasteiger charge is -2.35. The lowest BCUT2D eigenvalue weighted by atomic mass is 9.89. The molecule has 0 aliphatic carbocycles. The van der Waals surface area contributed by atoms with Crippen molar-refractivity contribution in [2.75, 3.05) is 12.3 Å². The van der Waals surface area contributed by atoms with Crippen LogP contribution in [0.3, 0.4) is 0 Å². The van der Waals surface area contributed by atoms with Gasteiger partial charge in [-0.1, -0.05) is 6.92 Å². The molecule has 1 N–H and O–H groups in total. The molecule has 2 unspecified atom stereocenters. The Morgan fingerprint density at radius 2 is 2.20 bits per heavy atom. The van der Waals surface area contributed by atoms with Gasteiger partial charge in [-0.15, -0.1) is 0 Å². The zero-order valence-electron chi connectivity index (χ0n) is 11.8. The summed E-state index contributed by atoms with van der Waals surface area (Å²) < 4.78 is 28.8. The van der Waals surface area contributed by atoms with Crippen molar-refractivity contribution in [2.24, 2.45) is 0 Å². The van der Waals surface area contributed by atoms with Crippen LogP contribution in [0.2, 0.25) is 0 Å². The fraction of sp³-hybridized carbons (Fsp3) is 0.600. The van der Waals surface area contributed by atoms with Crippen LogP contribution in [0, 0.1) is 11.6 Å². The summed E-state index contributed by atoms with van der Waals surface area (Å²) in [7, 11) is 0. The van der Waals surface area contributed by atoms with Crippen molar-refractivity contribution < 1.29 is 8.78 Å². The van der Waals surface area contributed by atoms with E-state index >= 15 is 0 Å². The van der Waals surface area contributed by atoms with Gasteiger partial charge in [-0.3, -0.25) is 0 Å². The van der Waals surface area contributed by atoms with E-state index in [4.69, 9.17) is 0 Å². The molecule has 2 rings (SSSR count). The summed E-state index contributed by atoms with van der Waals surface area (Å²) in [6, 6.07) is 2.47. The van der Waals surface area contributed by atoms with E-state index in [1.54, 1.807) is 0 Å². The normalized spacial score (nSPS) is 24.1. The second-order valence-corrected chi connectivity index (χ2v) is 7.89. The average Bonchev–Trinajstić information content (AvgIpc) is 2.86. The van der Waals surface area contributed by atoms with E-state index in [0.717, 1.165) is 31.6 Å². The molecule has 1 nitrogen and oxygen atoms in total. The molecule has 1 fully saturated rings. The number of rotatable bonds is 5. The Bertz CT molecular complexity index is 475. The SMILES string of the molecule is CCCNC(c1c(F)ccc(Br)c1F)C1(C)CCCS1. The van der Waals surface area contributed by atoms with Crippen molar-refractivity contribution in [3.63, 3.8) is 0 Å². The third-order valence-corrected chi connectivity index (χ3v) is 6.03. The Balaban J connectivity index is 2.43. The molecule has 0 spiro atoms. The predicted molar refractivity (Wildman–Crippen MR) is 85.2 cm³/mol. The summed E-state index contributed by atoms with van der Waals surface area (Å²) in [4.78, 5) is 0. The lowest BCUT2D eigenvalue weighted by Crippen LogP contribution is -2.39. The summed E-state index contributed by atoms with van der Waals surface area (Å²) >= 11 is 4.98. The molecule has 20 heavy (non-hydrogen) atoms. The minimum atomic E-state index is -0.479. The fourth-order valence-corrected chi connectivity index (χ4v) is 4.50. The van der Waals surface area contributed by atoms with Gasteiger partial charge in [-0.2, -0.15) is 11.8 Å². The van der Waals surface area contributed by atoms with Crippen LogP contribution in [-0.2, 0) is 0 Å². The number of thioether (sulfide) groups is 1. The molecule has 1 aromatic rings. The van der Waals surface area contributed by atoms with Crippen LogP contribution in [0.5, 0.6) is 0 Å². The van der Waals surface area contributed by atoms with Gasteiger partial charge in [-0.05, 0) is 66.5 Å². The molecule has 1 aliphatic heterocycles. The average molecular weight is 364 g/mol. The highest BCUT2D eigenvalue weighted by atomic mass is 79.9. The standard InChI is InChI=1S/C15H20BrF2NS/c1-3-8-19-14(15(2)7-4-9-20-15)12-11(17)6-5-10(16)13(12)18/h5-6,14,19H,3-4,7-9H2,1-2H3. The third-order valence-electron chi connectivity index (χ3n) is 3.83. The van der Waals surface area contributed by atoms with Gasteiger partial charge in [0.1, 0.15) is 11.6 Å². The van der Waals surface area contributed by atoms with Crippen molar-refractivity contribution >= 4 is 27.7 Å². The molecule has 0 radical (unpaired) electrons. The Morgan fingerprint density at radius 1 is 1.45 bits per heavy atom. The Hall–Kier alpha value is -0.130. The Labute approximate surface area is 132 Å². The molecule has 1 heterocycles. The minimum Gasteiger partial charge on any atom is -0.309 e. The first kappa shape index (κ1) is 16.2. The molecule has 112 valence electrons. The number of hydrogen-bond donors (Lipinski definition) is 1. The minimum absolute atomic E-state index is 0.155. The highest BCUT2D eigenvalue weighted by molar-refractivity contribution is 9.10. The van der Waals surface area contributed by atoms with Crippen LogP contribution in [0.15, 0.2) is 16.6 Å². The highest BCUT2D eigenvalue weighted by Crippen LogP contribution is 2.48. The Kier molecular flexibility index (Phi) is 5.49. The molecule has 0 bridgehead atoms. The van der Waals surface area contributed by atoms with Crippen molar-refractivity contribution in [3.05, 3.63) is 33.8 Å². The van der Waals surface area contributed by atoms with Crippen molar-refractivity contribution in [1.29, 1.82) is 0 Å². The third kappa shape index (κ3) is 3.20. The molecule has 1 saturated heterocycles. The van der Waals surface area contributed by atoms with Crippen LogP contribution < -0.4 is 5.32 Å². The number of hydrogen-bond acceptors (Lipinski definition) is 2. The summed E-state index contributed by atoms with van der Waals surface area (Å²) in [6.07, 6.45) is 3.02. The van der Waals surface area contributed by atoms with E-state index in [9.17, 15) is 8.78 Å². The smallest absolute Gasteiger partial charge is 0.145 e. The monoisotopic (exact) mass is 363 g/mol. The first-order valence-electron chi connectivity index (χ1n) is 7.00. The van der Waals surface area contributed by atoms with Gasteiger partial charge < -0.3 is 5.32 Å². The van der Waals surface area contributed by atoms with Gasteiger partial charge in [0.25, 0.3) is 0 Å². The van der Waals surface area contributed by atoms with Gasteiger partial charge in [-0.25, -0.2) is 8.78 Å². The highest BCUT2D eigenvalue weighted by Gasteiger charge is 2.41. The first-order valence-corrected chi connectivity index (χ1v) is 8.78. The second-order valence-electron chi connectivity index (χ2n) is 5.41. The predicted octanol–water partition coefficient (Wildman–Crippen LogP) is 5.05. The van der Waals surface area contributed by atoms with Gasteiger partial charge in [0.05, 0.1) is 10.5 Å². The van der Waals surface area contributed by atoms with E-state index in [-0.39, 0.29) is 16.4 Å². The van der Waals surface area contributed by atoms with Crippen LogP contribution in [0.25, 0.3) is 0 Å². The molecular formula is C15H20BrF2NS. The number of nitrogens with one attached hydrogen (secondary N) is 1. The Morgan fingerprint density at radius 3 is 2.80 bits per heavy atom. The second kappa shape index (κ2) is 6.75. The largest absolute Gasteiger partial charge is 0.309 e. The summed E-state index contributed by atoms with van der Waals surface area (Å²) in [5, 5.41) is 3.36. The summed E-state index contributed by atoms with van der Waals surface area (Å²) in [6.45, 7) is 4.92. The fourth-order valence-electron chi connectivity index (χ4n) is 2.75. The topological polar surface area (TPSA) is 12.0 Å². The maximum Gasteiger partial charge on any atom is 0.145 e. The summed E-state index contributed by atoms with van der Waals surface area (Å²) in [5.74, 6) is 0.110. The van der Waals surface area contributed by atoms with Gasteiger partial charge in [0, 0.05) is 10.3 Å². The van der Waals surface area contributed by atoms with Gasteiger partial charge in [0.15, 0.2) is 0 Å². The summed E-state index contributed by atoms with van der Waals surface area (Å²) in [5.41, 5.74) is 0.171. The molecule has 0 amide bonds. The molecular weight excluding hydrogens is 344 g/mol. The maximum atomic E-state index is 14.4. The van der Waals surface area contributed by atoms with E-state index in [1.165, 1.54) is 12.1 Å². The number of benzene rings is 1. The van der Waals surface area contributed by atoms with Crippen LogP contribution in [0.1, 0.15) is 44.7 Å².